The minimum Gasteiger partial charge on any atom is -0.438 e. The predicted octanol–water partition coefficient (Wildman–Crippen LogP) is 2.17. The van der Waals surface area contributed by atoms with Gasteiger partial charge in [0.1, 0.15) is 0 Å². The number of benzene rings is 2. The largest absolute Gasteiger partial charge is 0.438 e. The zero-order valence-electron chi connectivity index (χ0n) is 8.21. The second-order valence-electron chi connectivity index (χ2n) is 3.19. The third-order valence-corrected chi connectivity index (χ3v) is 3.12. The molecule has 0 atom stereocenters. The maximum absolute atomic E-state index is 9.94. The smallest absolute Gasteiger partial charge is 0.399 e. The lowest BCUT2D eigenvalue weighted by Crippen LogP contribution is -2.25. The molecule has 15 heavy (non-hydrogen) atoms. The van der Waals surface area contributed by atoms with Gasteiger partial charge in [0.05, 0.1) is 0 Å². The van der Waals surface area contributed by atoms with Crippen LogP contribution in [0.3, 0.4) is 0 Å². The molecular formula is C12H11BOS. The highest BCUT2D eigenvalue weighted by Gasteiger charge is 2.14. The molecule has 0 aliphatic heterocycles. The molecule has 3 heteroatoms. The molecule has 0 saturated carbocycles. The highest BCUT2D eigenvalue weighted by molar-refractivity contribution is 8.25. The Kier molecular flexibility index (Phi) is 3.48. The van der Waals surface area contributed by atoms with Crippen LogP contribution in [0.2, 0.25) is 0 Å². The topological polar surface area (TPSA) is 20.2 Å². The van der Waals surface area contributed by atoms with Crippen LogP contribution in [0.25, 0.3) is 0 Å². The van der Waals surface area contributed by atoms with Crippen molar-refractivity contribution in [3.63, 3.8) is 0 Å². The lowest BCUT2D eigenvalue weighted by Gasteiger charge is -2.05. The number of hydrogen-bond donors (Lipinski definition) is 1. The van der Waals surface area contributed by atoms with Gasteiger partial charge in [-0.25, -0.2) is 0 Å². The van der Waals surface area contributed by atoms with Gasteiger partial charge < -0.3 is 5.02 Å². The molecule has 0 heterocycles. The maximum Gasteiger partial charge on any atom is 0.399 e. The fourth-order valence-electron chi connectivity index (χ4n) is 1.31. The van der Waals surface area contributed by atoms with Crippen molar-refractivity contribution in [1.29, 1.82) is 0 Å². The van der Waals surface area contributed by atoms with Crippen molar-refractivity contribution >= 4 is 23.3 Å². The highest BCUT2D eigenvalue weighted by atomic mass is 32.2. The predicted molar refractivity (Wildman–Crippen MR) is 66.3 cm³/mol. The van der Waals surface area contributed by atoms with Gasteiger partial charge in [-0.15, -0.1) is 11.6 Å². The standard InChI is InChI=1S/C12H11BOS/c14-13(11-7-3-1-4-8-11)15-12-9-5-2-6-10-12/h1-10,14H. The maximum atomic E-state index is 9.94. The van der Waals surface area contributed by atoms with E-state index in [2.05, 4.69) is 0 Å². The van der Waals surface area contributed by atoms with E-state index >= 15 is 0 Å². The van der Waals surface area contributed by atoms with Gasteiger partial charge in [0, 0.05) is 0 Å². The van der Waals surface area contributed by atoms with Crippen LogP contribution in [-0.4, -0.2) is 11.2 Å². The Labute approximate surface area is 94.2 Å². The normalized spacial score (nSPS) is 9.93. The van der Waals surface area contributed by atoms with Gasteiger partial charge >= 0.3 is 6.19 Å². The van der Waals surface area contributed by atoms with E-state index in [4.69, 9.17) is 0 Å². The summed E-state index contributed by atoms with van der Waals surface area (Å²) in [4.78, 5) is 1.08. The Morgan fingerprint density at radius 3 is 1.93 bits per heavy atom. The molecular weight excluding hydrogens is 203 g/mol. The molecule has 0 aliphatic rings. The Morgan fingerprint density at radius 2 is 1.33 bits per heavy atom. The van der Waals surface area contributed by atoms with Gasteiger partial charge in [-0.2, -0.15) is 0 Å². The molecule has 0 unspecified atom stereocenters. The summed E-state index contributed by atoms with van der Waals surface area (Å²) in [6.07, 6.45) is -0.492. The van der Waals surface area contributed by atoms with Crippen molar-refractivity contribution in [3.05, 3.63) is 60.7 Å². The van der Waals surface area contributed by atoms with Crippen molar-refractivity contribution in [3.8, 4) is 0 Å². The lowest BCUT2D eigenvalue weighted by molar-refractivity contribution is 0.608. The van der Waals surface area contributed by atoms with E-state index in [-0.39, 0.29) is 0 Å². The summed E-state index contributed by atoms with van der Waals surface area (Å²) in [5.74, 6) is 0. The average Bonchev–Trinajstić information content (AvgIpc) is 2.31. The molecule has 0 saturated heterocycles. The minimum absolute atomic E-state index is 0.492. The van der Waals surface area contributed by atoms with E-state index in [1.165, 1.54) is 11.6 Å². The van der Waals surface area contributed by atoms with Gasteiger partial charge in [-0.05, 0) is 22.5 Å². The zero-order chi connectivity index (χ0) is 10.5. The van der Waals surface area contributed by atoms with E-state index in [1.54, 1.807) is 0 Å². The van der Waals surface area contributed by atoms with E-state index in [0.717, 1.165) is 10.4 Å². The monoisotopic (exact) mass is 214 g/mol. The Bertz CT molecular complexity index is 404. The lowest BCUT2D eigenvalue weighted by atomic mass is 9.87. The molecule has 0 fully saturated rings. The second-order valence-corrected chi connectivity index (χ2v) is 4.35. The fraction of sp³-hybridized carbons (Fsp3) is 0. The molecule has 0 bridgehead atoms. The van der Waals surface area contributed by atoms with E-state index < -0.39 is 6.19 Å². The summed E-state index contributed by atoms with van der Waals surface area (Å²) in [5, 5.41) is 9.94. The fourth-order valence-corrected chi connectivity index (χ4v) is 2.18. The molecule has 2 rings (SSSR count). The molecule has 0 radical (unpaired) electrons. The van der Waals surface area contributed by atoms with Crippen LogP contribution < -0.4 is 5.46 Å². The van der Waals surface area contributed by atoms with Gasteiger partial charge in [0.25, 0.3) is 0 Å². The van der Waals surface area contributed by atoms with Crippen molar-refractivity contribution < 1.29 is 5.02 Å². The first-order valence-electron chi connectivity index (χ1n) is 4.81. The third-order valence-electron chi connectivity index (χ3n) is 2.08. The van der Waals surface area contributed by atoms with Crippen molar-refractivity contribution in [1.82, 2.24) is 0 Å². The second kappa shape index (κ2) is 5.05. The molecule has 74 valence electrons. The summed E-state index contributed by atoms with van der Waals surface area (Å²) in [6.45, 7) is 0. The summed E-state index contributed by atoms with van der Waals surface area (Å²) < 4.78 is 0. The molecule has 0 spiro atoms. The van der Waals surface area contributed by atoms with E-state index in [9.17, 15) is 5.02 Å². The van der Waals surface area contributed by atoms with Gasteiger partial charge in [0.15, 0.2) is 0 Å². The molecule has 0 amide bonds. The SMILES string of the molecule is OB(Sc1ccccc1)c1ccccc1. The van der Waals surface area contributed by atoms with Crippen molar-refractivity contribution in [2.45, 2.75) is 4.90 Å². The van der Waals surface area contributed by atoms with Crippen LogP contribution in [0.4, 0.5) is 0 Å². The molecule has 1 nitrogen and oxygen atoms in total. The first kappa shape index (κ1) is 10.3. The van der Waals surface area contributed by atoms with Crippen LogP contribution in [0.5, 0.6) is 0 Å². The Morgan fingerprint density at radius 1 is 0.800 bits per heavy atom. The molecule has 1 N–H and O–H groups in total. The van der Waals surface area contributed by atoms with Crippen LogP contribution in [-0.2, 0) is 0 Å². The summed E-state index contributed by atoms with van der Waals surface area (Å²) in [5.41, 5.74) is 0.936. The molecule has 2 aromatic rings. The zero-order valence-corrected chi connectivity index (χ0v) is 9.02. The van der Waals surface area contributed by atoms with Gasteiger partial charge in [-0.3, -0.25) is 0 Å². The van der Waals surface area contributed by atoms with Crippen LogP contribution in [0.1, 0.15) is 0 Å². The van der Waals surface area contributed by atoms with Crippen LogP contribution >= 0.6 is 11.6 Å². The van der Waals surface area contributed by atoms with E-state index in [1.807, 2.05) is 60.7 Å². The van der Waals surface area contributed by atoms with Gasteiger partial charge in [-0.1, -0.05) is 48.5 Å². The first-order valence-corrected chi connectivity index (χ1v) is 5.69. The van der Waals surface area contributed by atoms with Crippen molar-refractivity contribution in [2.75, 3.05) is 0 Å². The summed E-state index contributed by atoms with van der Waals surface area (Å²) in [6, 6.07) is 19.6. The Balaban J connectivity index is 2.08. The van der Waals surface area contributed by atoms with Crippen LogP contribution in [0, 0.1) is 0 Å². The first-order chi connectivity index (χ1) is 7.36. The number of rotatable bonds is 3. The summed E-state index contributed by atoms with van der Waals surface area (Å²) in [7, 11) is 0. The average molecular weight is 214 g/mol. The molecule has 0 aliphatic carbocycles. The highest BCUT2D eigenvalue weighted by Crippen LogP contribution is 2.18. The molecule has 0 aromatic heterocycles. The minimum atomic E-state index is -0.492. The van der Waals surface area contributed by atoms with Gasteiger partial charge in [0.2, 0.25) is 0 Å². The summed E-state index contributed by atoms with van der Waals surface area (Å²) >= 11 is 1.45. The van der Waals surface area contributed by atoms with Crippen molar-refractivity contribution in [2.24, 2.45) is 0 Å². The molecule has 2 aromatic carbocycles. The Hall–Kier alpha value is -1.19. The quantitative estimate of drug-likeness (QED) is 0.790. The van der Waals surface area contributed by atoms with E-state index in [0.29, 0.717) is 0 Å². The number of hydrogen-bond acceptors (Lipinski definition) is 2. The van der Waals surface area contributed by atoms with Crippen LogP contribution in [0.15, 0.2) is 65.6 Å². The third kappa shape index (κ3) is 2.88.